The molecule has 4 heteroatoms. The maximum Gasteiger partial charge on any atom is 0.0672 e. The monoisotopic (exact) mass is 312 g/mol. The number of nitrogens with one attached hydrogen (secondary N) is 1. The largest absolute Gasteiger partial charge is 0.376 e. The first-order chi connectivity index (χ1) is 8.65. The van der Waals surface area contributed by atoms with E-state index in [4.69, 9.17) is 10.5 Å². The average molecular weight is 313 g/mol. The van der Waals surface area contributed by atoms with Gasteiger partial charge in [-0.3, -0.25) is 0 Å². The van der Waals surface area contributed by atoms with Crippen molar-refractivity contribution < 1.29 is 4.74 Å². The minimum absolute atomic E-state index is 0.147. The molecule has 0 heterocycles. The highest BCUT2D eigenvalue weighted by Gasteiger charge is 2.11. The van der Waals surface area contributed by atoms with Crippen LogP contribution in [0.2, 0.25) is 0 Å². The Balaban J connectivity index is 2.39. The molecule has 0 aliphatic rings. The third-order valence-corrected chi connectivity index (χ3v) is 3.22. The zero-order chi connectivity index (χ0) is 13.4. The van der Waals surface area contributed by atoms with Crippen molar-refractivity contribution in [3.63, 3.8) is 0 Å². The van der Waals surface area contributed by atoms with E-state index < -0.39 is 0 Å². The van der Waals surface area contributed by atoms with E-state index in [1.54, 1.807) is 0 Å². The summed E-state index contributed by atoms with van der Waals surface area (Å²) in [6.45, 7) is 8.36. The van der Waals surface area contributed by atoms with E-state index in [1.807, 2.05) is 25.1 Å². The summed E-state index contributed by atoms with van der Waals surface area (Å²) in [4.78, 5) is 0. The van der Waals surface area contributed by atoms with Crippen LogP contribution in [0.25, 0.3) is 0 Å². The fraction of sp³-hybridized carbons (Fsp3) is 0.429. The lowest BCUT2D eigenvalue weighted by Crippen LogP contribution is -2.31. The molecule has 0 aromatic heterocycles. The minimum atomic E-state index is 0.147. The second kappa shape index (κ2) is 8.43. The van der Waals surface area contributed by atoms with Gasteiger partial charge in [0.1, 0.15) is 0 Å². The van der Waals surface area contributed by atoms with Crippen LogP contribution < -0.4 is 11.1 Å². The average Bonchev–Trinajstić information content (AvgIpc) is 2.35. The summed E-state index contributed by atoms with van der Waals surface area (Å²) in [6.07, 6.45) is 0. The molecule has 3 N–H and O–H groups in total. The van der Waals surface area contributed by atoms with E-state index in [1.165, 1.54) is 5.56 Å². The molecule has 3 nitrogen and oxygen atoms in total. The van der Waals surface area contributed by atoms with Crippen LogP contribution >= 0.6 is 15.9 Å². The molecule has 0 saturated carbocycles. The molecule has 1 aromatic rings. The van der Waals surface area contributed by atoms with Crippen molar-refractivity contribution in [1.82, 2.24) is 5.32 Å². The number of hydrogen-bond donors (Lipinski definition) is 2. The van der Waals surface area contributed by atoms with Gasteiger partial charge in [-0.1, -0.05) is 46.3 Å². The number of hydrogen-bond acceptors (Lipinski definition) is 3. The summed E-state index contributed by atoms with van der Waals surface area (Å²) in [7, 11) is 0. The summed E-state index contributed by atoms with van der Waals surface area (Å²) < 4.78 is 6.52. The Labute approximate surface area is 118 Å². The van der Waals surface area contributed by atoms with E-state index in [0.29, 0.717) is 19.8 Å². The van der Waals surface area contributed by atoms with Crippen LogP contribution in [-0.4, -0.2) is 26.3 Å². The zero-order valence-corrected chi connectivity index (χ0v) is 12.4. The fourth-order valence-electron chi connectivity index (χ4n) is 1.63. The van der Waals surface area contributed by atoms with Crippen molar-refractivity contribution in [3.05, 3.63) is 46.5 Å². The summed E-state index contributed by atoms with van der Waals surface area (Å²) >= 11 is 3.54. The van der Waals surface area contributed by atoms with Crippen LogP contribution in [0.4, 0.5) is 0 Å². The molecule has 0 fully saturated rings. The molecule has 1 aromatic carbocycles. The maximum atomic E-state index is 5.80. The smallest absolute Gasteiger partial charge is 0.0672 e. The van der Waals surface area contributed by atoms with Crippen molar-refractivity contribution in [3.8, 4) is 0 Å². The minimum Gasteiger partial charge on any atom is -0.376 e. The molecular formula is C14H21BrN2O. The molecule has 0 radical (unpaired) electrons. The molecule has 0 saturated heterocycles. The third-order valence-electron chi connectivity index (χ3n) is 2.50. The van der Waals surface area contributed by atoms with Gasteiger partial charge in [0.15, 0.2) is 0 Å². The van der Waals surface area contributed by atoms with Crippen LogP contribution in [0, 0.1) is 0 Å². The molecule has 0 aliphatic carbocycles. The number of rotatable bonds is 8. The van der Waals surface area contributed by atoms with Gasteiger partial charge in [-0.05, 0) is 18.6 Å². The van der Waals surface area contributed by atoms with Crippen LogP contribution in [0.5, 0.6) is 0 Å². The molecule has 0 spiro atoms. The van der Waals surface area contributed by atoms with E-state index in [2.05, 4.69) is 33.9 Å². The van der Waals surface area contributed by atoms with Crippen molar-refractivity contribution in [2.45, 2.75) is 13.0 Å². The molecule has 18 heavy (non-hydrogen) atoms. The van der Waals surface area contributed by atoms with Crippen molar-refractivity contribution in [2.75, 3.05) is 26.3 Å². The van der Waals surface area contributed by atoms with E-state index in [-0.39, 0.29) is 6.04 Å². The number of ether oxygens (including phenoxy) is 1. The third kappa shape index (κ3) is 5.31. The van der Waals surface area contributed by atoms with Crippen molar-refractivity contribution in [1.29, 1.82) is 0 Å². The highest BCUT2D eigenvalue weighted by molar-refractivity contribution is 9.10. The second-order valence-corrected chi connectivity index (χ2v) is 5.13. The molecule has 0 bridgehead atoms. The first-order valence-corrected chi connectivity index (χ1v) is 6.84. The number of nitrogens with two attached hydrogens (primary N) is 1. The lowest BCUT2D eigenvalue weighted by atomic mass is 10.1. The summed E-state index contributed by atoms with van der Waals surface area (Å²) in [6, 6.07) is 8.26. The lowest BCUT2D eigenvalue weighted by molar-refractivity contribution is 0.155. The maximum absolute atomic E-state index is 5.80. The first kappa shape index (κ1) is 15.4. The number of halogens is 1. The molecule has 1 atom stereocenters. The normalized spacial score (nSPS) is 12.4. The van der Waals surface area contributed by atoms with Crippen LogP contribution in [0.15, 0.2) is 40.9 Å². The van der Waals surface area contributed by atoms with E-state index in [0.717, 1.165) is 16.6 Å². The van der Waals surface area contributed by atoms with Crippen LogP contribution in [0.1, 0.15) is 18.5 Å². The molecule has 0 amide bonds. The Kier molecular flexibility index (Phi) is 7.20. The second-order valence-electron chi connectivity index (χ2n) is 4.27. The Morgan fingerprint density at radius 3 is 2.83 bits per heavy atom. The van der Waals surface area contributed by atoms with Crippen molar-refractivity contribution in [2.24, 2.45) is 5.73 Å². The Hall–Kier alpha value is -0.680. The number of benzene rings is 1. The van der Waals surface area contributed by atoms with Gasteiger partial charge in [0.2, 0.25) is 0 Å². The molecule has 100 valence electrons. The van der Waals surface area contributed by atoms with Crippen molar-refractivity contribution >= 4 is 15.9 Å². The SMILES string of the molecule is C=C(C)COCCNC(CN)c1ccccc1Br. The molecule has 0 aliphatic heterocycles. The van der Waals surface area contributed by atoms with Gasteiger partial charge in [-0.2, -0.15) is 0 Å². The molecule has 1 rings (SSSR count). The Morgan fingerprint density at radius 1 is 1.50 bits per heavy atom. The van der Waals surface area contributed by atoms with Gasteiger partial charge >= 0.3 is 0 Å². The quantitative estimate of drug-likeness (QED) is 0.573. The predicted octanol–water partition coefficient (Wildman–Crippen LogP) is 2.63. The van der Waals surface area contributed by atoms with Gasteiger partial charge in [0.25, 0.3) is 0 Å². The zero-order valence-electron chi connectivity index (χ0n) is 10.8. The van der Waals surface area contributed by atoms with Gasteiger partial charge in [0, 0.05) is 23.6 Å². The Bertz CT molecular complexity index is 382. The highest BCUT2D eigenvalue weighted by atomic mass is 79.9. The van der Waals surface area contributed by atoms with E-state index in [9.17, 15) is 0 Å². The predicted molar refractivity (Wildman–Crippen MR) is 79.6 cm³/mol. The standard InChI is InChI=1S/C14H21BrN2O/c1-11(2)10-18-8-7-17-14(9-16)12-5-3-4-6-13(12)15/h3-6,14,17H,1,7-10,16H2,2H3. The van der Waals surface area contributed by atoms with Gasteiger partial charge < -0.3 is 15.8 Å². The van der Waals surface area contributed by atoms with Gasteiger partial charge in [-0.15, -0.1) is 0 Å². The highest BCUT2D eigenvalue weighted by Crippen LogP contribution is 2.22. The topological polar surface area (TPSA) is 47.3 Å². The molecule has 1 unspecified atom stereocenters. The Morgan fingerprint density at radius 2 is 2.22 bits per heavy atom. The van der Waals surface area contributed by atoms with Crippen LogP contribution in [-0.2, 0) is 4.74 Å². The fourth-order valence-corrected chi connectivity index (χ4v) is 2.19. The summed E-state index contributed by atoms with van der Waals surface area (Å²) in [5.74, 6) is 0. The summed E-state index contributed by atoms with van der Waals surface area (Å²) in [5, 5.41) is 3.39. The molecular weight excluding hydrogens is 292 g/mol. The first-order valence-electron chi connectivity index (χ1n) is 6.05. The lowest BCUT2D eigenvalue weighted by Gasteiger charge is -2.18. The summed E-state index contributed by atoms with van der Waals surface area (Å²) in [5.41, 5.74) is 8.02. The van der Waals surface area contributed by atoms with Gasteiger partial charge in [0.05, 0.1) is 13.2 Å². The van der Waals surface area contributed by atoms with Gasteiger partial charge in [-0.25, -0.2) is 0 Å². The van der Waals surface area contributed by atoms with E-state index >= 15 is 0 Å². The van der Waals surface area contributed by atoms with Crippen LogP contribution in [0.3, 0.4) is 0 Å².